The first-order valence-electron chi connectivity index (χ1n) is 7.18. The first-order chi connectivity index (χ1) is 10.9. The Balaban J connectivity index is 1.74. The zero-order valence-electron chi connectivity index (χ0n) is 12.2. The summed E-state index contributed by atoms with van der Waals surface area (Å²) in [6.07, 6.45) is -0.610. The van der Waals surface area contributed by atoms with Crippen molar-refractivity contribution in [3.8, 4) is 0 Å². The van der Waals surface area contributed by atoms with Gasteiger partial charge < -0.3 is 5.11 Å². The van der Waals surface area contributed by atoms with E-state index in [1.54, 1.807) is 23.5 Å². The molecule has 3 rings (SSSR count). The smallest absolute Gasteiger partial charge is 0.411 e. The Morgan fingerprint density at radius 3 is 2.65 bits per heavy atom. The number of nitrogens with one attached hydrogen (secondary N) is 2. The molecule has 2 aliphatic rings. The van der Waals surface area contributed by atoms with Crippen molar-refractivity contribution in [1.82, 2.24) is 15.5 Å². The van der Waals surface area contributed by atoms with E-state index in [-0.39, 0.29) is 23.4 Å². The molecule has 8 heteroatoms. The molecule has 4 amide bonds. The second-order valence-electron chi connectivity index (χ2n) is 5.61. The third-order valence-corrected chi connectivity index (χ3v) is 4.09. The first-order valence-corrected chi connectivity index (χ1v) is 7.18. The molecule has 1 saturated heterocycles. The largest absolute Gasteiger partial charge is 0.465 e. The lowest BCUT2D eigenvalue weighted by Gasteiger charge is -2.29. The van der Waals surface area contributed by atoms with E-state index < -0.39 is 12.0 Å². The van der Waals surface area contributed by atoms with E-state index in [0.717, 1.165) is 11.1 Å². The van der Waals surface area contributed by atoms with Gasteiger partial charge in [-0.1, -0.05) is 6.07 Å². The molecule has 1 fully saturated rings. The number of fused-ring (bicyclic) bond motifs is 1. The van der Waals surface area contributed by atoms with Gasteiger partial charge in [0, 0.05) is 25.1 Å². The maximum Gasteiger partial charge on any atom is 0.411 e. The van der Waals surface area contributed by atoms with Crippen LogP contribution in [-0.4, -0.2) is 39.9 Å². The number of carboxylic acid groups (broad SMARTS) is 1. The average molecular weight is 317 g/mol. The number of rotatable bonds is 2. The highest BCUT2D eigenvalue weighted by atomic mass is 16.4. The second kappa shape index (κ2) is 5.81. The molecule has 0 aromatic heterocycles. The summed E-state index contributed by atoms with van der Waals surface area (Å²) < 4.78 is 0. The van der Waals surface area contributed by atoms with E-state index in [1.807, 2.05) is 4.90 Å². The van der Waals surface area contributed by atoms with Crippen LogP contribution in [0.25, 0.3) is 0 Å². The second-order valence-corrected chi connectivity index (χ2v) is 5.61. The Bertz CT molecular complexity index is 715. The molecule has 0 saturated carbocycles. The summed E-state index contributed by atoms with van der Waals surface area (Å²) in [5.41, 5.74) is 2.13. The monoisotopic (exact) mass is 317 g/mol. The van der Waals surface area contributed by atoms with Crippen molar-refractivity contribution in [1.29, 1.82) is 0 Å². The summed E-state index contributed by atoms with van der Waals surface area (Å²) in [6, 6.07) is 4.60. The zero-order chi connectivity index (χ0) is 16.6. The highest BCUT2D eigenvalue weighted by Gasteiger charge is 2.34. The predicted octanol–water partition coefficient (Wildman–Crippen LogP) is 0.215. The summed E-state index contributed by atoms with van der Waals surface area (Å²) >= 11 is 0. The van der Waals surface area contributed by atoms with Crippen molar-refractivity contribution in [3.63, 3.8) is 0 Å². The number of imide groups is 2. The average Bonchev–Trinajstić information content (AvgIpc) is 2.88. The topological polar surface area (TPSA) is 116 Å². The Morgan fingerprint density at radius 1 is 1.22 bits per heavy atom. The number of carbonyl (C=O) groups excluding carboxylic acids is 3. The number of hydrogen-bond donors (Lipinski definition) is 3. The third kappa shape index (κ3) is 3.07. The molecule has 8 nitrogen and oxygen atoms in total. The van der Waals surface area contributed by atoms with Gasteiger partial charge in [0.2, 0.25) is 11.8 Å². The SMILES string of the molecule is O=C(O)NC(=O)c1ccc2c(c1)CN(C1CCC(=O)NC1=O)C2. The Labute approximate surface area is 131 Å². The van der Waals surface area contributed by atoms with E-state index in [1.165, 1.54) is 0 Å². The van der Waals surface area contributed by atoms with Gasteiger partial charge in [0.1, 0.15) is 0 Å². The van der Waals surface area contributed by atoms with Crippen LogP contribution in [0.15, 0.2) is 18.2 Å². The molecule has 3 N–H and O–H groups in total. The molecule has 0 bridgehead atoms. The quantitative estimate of drug-likeness (QED) is 0.672. The zero-order valence-corrected chi connectivity index (χ0v) is 12.2. The van der Waals surface area contributed by atoms with Gasteiger partial charge in [-0.15, -0.1) is 0 Å². The summed E-state index contributed by atoms with van der Waals surface area (Å²) in [7, 11) is 0. The third-order valence-electron chi connectivity index (χ3n) is 4.09. The molecule has 1 atom stereocenters. The lowest BCUT2D eigenvalue weighted by molar-refractivity contribution is -0.137. The predicted molar refractivity (Wildman–Crippen MR) is 77.4 cm³/mol. The van der Waals surface area contributed by atoms with E-state index >= 15 is 0 Å². The molecule has 1 aromatic rings. The fourth-order valence-corrected chi connectivity index (χ4v) is 2.98. The Kier molecular flexibility index (Phi) is 3.83. The summed E-state index contributed by atoms with van der Waals surface area (Å²) in [5, 5.41) is 12.7. The maximum atomic E-state index is 11.9. The van der Waals surface area contributed by atoms with E-state index in [0.29, 0.717) is 25.9 Å². The molecule has 0 spiro atoms. The van der Waals surface area contributed by atoms with Gasteiger partial charge in [-0.05, 0) is 29.7 Å². The van der Waals surface area contributed by atoms with Crippen LogP contribution < -0.4 is 10.6 Å². The van der Waals surface area contributed by atoms with Crippen LogP contribution in [0.5, 0.6) is 0 Å². The van der Waals surface area contributed by atoms with Crippen molar-refractivity contribution < 1.29 is 24.3 Å². The molecule has 23 heavy (non-hydrogen) atoms. The van der Waals surface area contributed by atoms with Crippen molar-refractivity contribution in [2.45, 2.75) is 32.0 Å². The molecule has 0 aliphatic carbocycles. The highest BCUT2D eigenvalue weighted by Crippen LogP contribution is 2.28. The molecule has 1 unspecified atom stereocenters. The number of benzene rings is 1. The number of hydrogen-bond acceptors (Lipinski definition) is 5. The summed E-state index contributed by atoms with van der Waals surface area (Å²) in [6.45, 7) is 1.04. The first kappa shape index (κ1) is 15.2. The van der Waals surface area contributed by atoms with Gasteiger partial charge in [0.15, 0.2) is 0 Å². The van der Waals surface area contributed by atoms with Gasteiger partial charge in [-0.25, -0.2) is 4.79 Å². The molecule has 120 valence electrons. The Hall–Kier alpha value is -2.74. The van der Waals surface area contributed by atoms with Crippen LogP contribution in [0, 0.1) is 0 Å². The van der Waals surface area contributed by atoms with Crippen molar-refractivity contribution in [2.24, 2.45) is 0 Å². The molecule has 0 radical (unpaired) electrons. The number of piperidine rings is 1. The van der Waals surface area contributed by atoms with Gasteiger partial charge in [-0.2, -0.15) is 0 Å². The van der Waals surface area contributed by atoms with E-state index in [9.17, 15) is 19.2 Å². The van der Waals surface area contributed by atoms with E-state index in [2.05, 4.69) is 5.32 Å². The minimum Gasteiger partial charge on any atom is -0.465 e. The van der Waals surface area contributed by atoms with Gasteiger partial charge >= 0.3 is 6.09 Å². The minimum atomic E-state index is -1.40. The van der Waals surface area contributed by atoms with Gasteiger partial charge in [-0.3, -0.25) is 29.9 Å². The lowest BCUT2D eigenvalue weighted by atomic mass is 10.0. The fraction of sp³-hybridized carbons (Fsp3) is 0.333. The summed E-state index contributed by atoms with van der Waals surface area (Å²) in [5.74, 6) is -1.23. The van der Waals surface area contributed by atoms with Crippen LogP contribution in [0.2, 0.25) is 0 Å². The molecule has 2 heterocycles. The highest BCUT2D eigenvalue weighted by molar-refractivity contribution is 6.02. The normalized spacial score (nSPS) is 20.8. The maximum absolute atomic E-state index is 11.9. The number of amides is 4. The molecule has 1 aromatic carbocycles. The molecular weight excluding hydrogens is 302 g/mol. The van der Waals surface area contributed by atoms with Crippen molar-refractivity contribution in [3.05, 3.63) is 34.9 Å². The minimum absolute atomic E-state index is 0.254. The van der Waals surface area contributed by atoms with Crippen molar-refractivity contribution >= 4 is 23.8 Å². The lowest BCUT2D eigenvalue weighted by Crippen LogP contribution is -2.50. The van der Waals surface area contributed by atoms with Crippen LogP contribution in [0.1, 0.15) is 34.3 Å². The number of carbonyl (C=O) groups is 4. The van der Waals surface area contributed by atoms with E-state index in [4.69, 9.17) is 5.11 Å². The van der Waals surface area contributed by atoms with Gasteiger partial charge in [0.05, 0.1) is 6.04 Å². The van der Waals surface area contributed by atoms with Crippen LogP contribution in [0.4, 0.5) is 4.79 Å². The number of nitrogens with zero attached hydrogens (tertiary/aromatic N) is 1. The Morgan fingerprint density at radius 2 is 1.96 bits per heavy atom. The fourth-order valence-electron chi connectivity index (χ4n) is 2.98. The van der Waals surface area contributed by atoms with Crippen LogP contribution in [0.3, 0.4) is 0 Å². The molecular formula is C15H15N3O5. The van der Waals surface area contributed by atoms with Crippen molar-refractivity contribution in [2.75, 3.05) is 0 Å². The van der Waals surface area contributed by atoms with Gasteiger partial charge in [0.25, 0.3) is 5.91 Å². The van der Waals surface area contributed by atoms with Crippen LogP contribution >= 0.6 is 0 Å². The molecule has 2 aliphatic heterocycles. The summed E-state index contributed by atoms with van der Waals surface area (Å²) in [4.78, 5) is 47.3. The van der Waals surface area contributed by atoms with Crippen LogP contribution in [-0.2, 0) is 22.7 Å². The standard InChI is InChI=1S/C15H15N3O5/c19-12-4-3-11(14(21)16-12)18-6-9-2-1-8(5-10(9)7-18)13(20)17-15(22)23/h1-2,5,11H,3-4,6-7H2,(H,17,20)(H,22,23)(H,16,19,21).